The Morgan fingerprint density at radius 2 is 1.76 bits per heavy atom. The van der Waals surface area contributed by atoms with Crippen molar-refractivity contribution < 1.29 is 23.9 Å². The van der Waals surface area contributed by atoms with Crippen LogP contribution < -0.4 is 10.2 Å². The normalized spacial score (nSPS) is 10.4. The smallest absolute Gasteiger partial charge is 0.341 e. The van der Waals surface area contributed by atoms with E-state index in [1.807, 2.05) is 0 Å². The first kappa shape index (κ1) is 18.6. The maximum absolute atomic E-state index is 12.4. The summed E-state index contributed by atoms with van der Waals surface area (Å²) in [5.41, 5.74) is 0.579. The van der Waals surface area contributed by atoms with Crippen LogP contribution in [0.1, 0.15) is 38.1 Å². The molecule has 0 saturated heterocycles. The number of rotatable bonds is 4. The lowest BCUT2D eigenvalue weighted by Crippen LogP contribution is -2.33. The zero-order valence-corrected chi connectivity index (χ0v) is 15.2. The predicted octanol–water partition coefficient (Wildman–Crippen LogP) is 2.94. The van der Waals surface area contributed by atoms with Crippen LogP contribution in [0.5, 0.6) is 0 Å². The fraction of sp³-hybridized carbons (Fsp3) is 0.294. The average molecular weight is 362 g/mol. The quantitative estimate of drug-likeness (QED) is 0.844. The zero-order valence-electron chi connectivity index (χ0n) is 14.3. The summed E-state index contributed by atoms with van der Waals surface area (Å²) in [6, 6.07) is 4.95. The molecule has 0 bridgehead atoms. The molecule has 0 spiro atoms. The molecule has 1 N–H and O–H groups in total. The van der Waals surface area contributed by atoms with Gasteiger partial charge < -0.3 is 10.1 Å². The molecule has 0 unspecified atom stereocenters. The first-order valence-electron chi connectivity index (χ1n) is 7.59. The van der Waals surface area contributed by atoms with Crippen LogP contribution in [-0.2, 0) is 19.1 Å². The molecule has 2 aromatic rings. The van der Waals surface area contributed by atoms with Crippen molar-refractivity contribution in [2.75, 3.05) is 16.8 Å². The number of imide groups is 1. The molecule has 1 aromatic carbocycles. The molecule has 0 atom stereocenters. The topological polar surface area (TPSA) is 92.8 Å². The van der Waals surface area contributed by atoms with E-state index in [2.05, 4.69) is 5.32 Å². The number of anilines is 2. The lowest BCUT2D eigenvalue weighted by molar-refractivity contribution is -0.124. The van der Waals surface area contributed by atoms with Crippen LogP contribution in [0.4, 0.5) is 10.7 Å². The molecule has 0 aliphatic carbocycles. The highest BCUT2D eigenvalue weighted by atomic mass is 32.1. The van der Waals surface area contributed by atoms with E-state index in [-0.39, 0.29) is 18.1 Å². The van der Waals surface area contributed by atoms with Gasteiger partial charge in [-0.05, 0) is 13.0 Å². The highest BCUT2D eigenvalue weighted by molar-refractivity contribution is 7.24. The molecular weight excluding hydrogens is 344 g/mol. The Hall–Kier alpha value is -2.74. The van der Waals surface area contributed by atoms with E-state index < -0.39 is 17.8 Å². The van der Waals surface area contributed by atoms with E-state index in [9.17, 15) is 19.2 Å². The number of nitrogens with zero attached hydrogens (tertiary/aromatic N) is 1. The van der Waals surface area contributed by atoms with Crippen molar-refractivity contribution in [3.63, 3.8) is 0 Å². The molecule has 0 saturated carbocycles. The average Bonchev–Trinajstić information content (AvgIpc) is 2.84. The molecule has 0 fully saturated rings. The molecule has 132 valence electrons. The molecule has 25 heavy (non-hydrogen) atoms. The van der Waals surface area contributed by atoms with E-state index in [1.165, 1.54) is 20.8 Å². The lowest BCUT2D eigenvalue weighted by atomic mass is 10.1. The zero-order chi connectivity index (χ0) is 18.7. The number of hydrogen-bond acceptors (Lipinski definition) is 6. The minimum absolute atomic E-state index is 0.183. The summed E-state index contributed by atoms with van der Waals surface area (Å²) in [5.74, 6) is -1.79. The van der Waals surface area contributed by atoms with E-state index in [1.54, 1.807) is 25.1 Å². The number of esters is 1. The number of fused-ring (bicyclic) bond motifs is 1. The third-order valence-electron chi connectivity index (χ3n) is 3.33. The monoisotopic (exact) mass is 362 g/mol. The summed E-state index contributed by atoms with van der Waals surface area (Å²) in [6.07, 6.45) is 0. The minimum atomic E-state index is -0.577. The molecule has 0 aliphatic heterocycles. The van der Waals surface area contributed by atoms with Crippen LogP contribution in [0.15, 0.2) is 18.2 Å². The van der Waals surface area contributed by atoms with Gasteiger partial charge in [-0.15, -0.1) is 11.3 Å². The van der Waals surface area contributed by atoms with E-state index in [0.717, 1.165) is 16.2 Å². The Morgan fingerprint density at radius 1 is 1.12 bits per heavy atom. The van der Waals surface area contributed by atoms with Crippen molar-refractivity contribution >= 4 is 55.8 Å². The summed E-state index contributed by atoms with van der Waals surface area (Å²) in [4.78, 5) is 48.6. The number of nitrogens with one attached hydrogen (secondary N) is 1. The molecule has 0 aliphatic rings. The van der Waals surface area contributed by atoms with Crippen molar-refractivity contribution in [1.29, 1.82) is 0 Å². The second-order valence-electron chi connectivity index (χ2n) is 5.24. The second-order valence-corrected chi connectivity index (χ2v) is 6.26. The Bertz CT molecular complexity index is 857. The lowest BCUT2D eigenvalue weighted by Gasteiger charge is -2.17. The van der Waals surface area contributed by atoms with Crippen molar-refractivity contribution in [3.8, 4) is 0 Å². The molecule has 8 heteroatoms. The van der Waals surface area contributed by atoms with Crippen LogP contribution in [-0.4, -0.2) is 30.3 Å². The van der Waals surface area contributed by atoms with Gasteiger partial charge in [0.2, 0.25) is 17.7 Å². The Morgan fingerprint density at radius 3 is 2.28 bits per heavy atom. The standard InChI is InChI=1S/C17H18N2O5S/c1-5-24-17(23)14-12-7-6-8-13(19(10(3)21)11(4)22)15(12)25-16(14)18-9(2)20/h6-8H,5H2,1-4H3,(H,18,20). The van der Waals surface area contributed by atoms with Gasteiger partial charge in [-0.25, -0.2) is 9.69 Å². The highest BCUT2D eigenvalue weighted by Crippen LogP contribution is 2.41. The summed E-state index contributed by atoms with van der Waals surface area (Å²) in [7, 11) is 0. The largest absolute Gasteiger partial charge is 0.462 e. The first-order chi connectivity index (χ1) is 11.8. The van der Waals surface area contributed by atoms with Gasteiger partial charge in [0, 0.05) is 26.2 Å². The fourth-order valence-corrected chi connectivity index (χ4v) is 3.73. The first-order valence-corrected chi connectivity index (χ1v) is 8.41. The second kappa shape index (κ2) is 7.43. The maximum atomic E-state index is 12.4. The van der Waals surface area contributed by atoms with E-state index in [0.29, 0.717) is 20.8 Å². The molecule has 1 aromatic heterocycles. The van der Waals surface area contributed by atoms with Crippen LogP contribution in [0.25, 0.3) is 10.1 Å². The number of ether oxygens (including phenoxy) is 1. The van der Waals surface area contributed by atoms with Crippen molar-refractivity contribution in [2.45, 2.75) is 27.7 Å². The predicted molar refractivity (Wildman–Crippen MR) is 95.9 cm³/mol. The van der Waals surface area contributed by atoms with Crippen LogP contribution in [0.3, 0.4) is 0 Å². The number of carbonyl (C=O) groups is 4. The molecular formula is C17H18N2O5S. The van der Waals surface area contributed by atoms with Gasteiger partial charge in [-0.3, -0.25) is 14.4 Å². The summed E-state index contributed by atoms with van der Waals surface area (Å²) >= 11 is 1.12. The van der Waals surface area contributed by atoms with Gasteiger partial charge >= 0.3 is 5.97 Å². The van der Waals surface area contributed by atoms with Gasteiger partial charge in [0.15, 0.2) is 0 Å². The molecule has 2 rings (SSSR count). The minimum Gasteiger partial charge on any atom is -0.462 e. The molecule has 7 nitrogen and oxygen atoms in total. The number of amides is 3. The summed E-state index contributed by atoms with van der Waals surface area (Å²) in [5, 5.41) is 3.45. The van der Waals surface area contributed by atoms with Crippen LogP contribution in [0.2, 0.25) is 0 Å². The molecule has 0 radical (unpaired) electrons. The Labute approximate surface area is 148 Å². The van der Waals surface area contributed by atoms with Gasteiger partial charge in [0.1, 0.15) is 10.6 Å². The third kappa shape index (κ3) is 3.69. The van der Waals surface area contributed by atoms with Crippen LogP contribution >= 0.6 is 11.3 Å². The summed E-state index contributed by atoms with van der Waals surface area (Å²) in [6.45, 7) is 5.77. The molecule has 1 heterocycles. The van der Waals surface area contributed by atoms with Crippen molar-refractivity contribution in [1.82, 2.24) is 0 Å². The Kier molecular flexibility index (Phi) is 5.53. The van der Waals surface area contributed by atoms with Crippen molar-refractivity contribution in [3.05, 3.63) is 23.8 Å². The fourth-order valence-electron chi connectivity index (χ4n) is 2.50. The number of carbonyl (C=O) groups excluding carboxylic acids is 4. The third-order valence-corrected chi connectivity index (χ3v) is 4.48. The van der Waals surface area contributed by atoms with Gasteiger partial charge in [0.05, 0.1) is 17.0 Å². The van der Waals surface area contributed by atoms with Gasteiger partial charge in [0.25, 0.3) is 0 Å². The van der Waals surface area contributed by atoms with Crippen molar-refractivity contribution in [2.24, 2.45) is 0 Å². The number of thiophene rings is 1. The highest BCUT2D eigenvalue weighted by Gasteiger charge is 2.26. The van der Waals surface area contributed by atoms with E-state index >= 15 is 0 Å². The maximum Gasteiger partial charge on any atom is 0.341 e. The van der Waals surface area contributed by atoms with E-state index in [4.69, 9.17) is 4.74 Å². The summed E-state index contributed by atoms with van der Waals surface area (Å²) < 4.78 is 5.62. The SMILES string of the molecule is CCOC(=O)c1c(NC(C)=O)sc2c(N(C(C)=O)C(C)=O)cccc12. The number of benzene rings is 1. The number of hydrogen-bond donors (Lipinski definition) is 1. The van der Waals surface area contributed by atoms with Gasteiger partial charge in [-0.1, -0.05) is 12.1 Å². The van der Waals surface area contributed by atoms with Gasteiger partial charge in [-0.2, -0.15) is 0 Å². The van der Waals surface area contributed by atoms with Crippen LogP contribution in [0, 0.1) is 0 Å². The molecule has 3 amide bonds. The Balaban J connectivity index is 2.77.